The molecule has 4 nitrogen and oxygen atoms in total. The zero-order valence-corrected chi connectivity index (χ0v) is 12.7. The van der Waals surface area contributed by atoms with Crippen molar-refractivity contribution in [2.45, 2.75) is 6.54 Å². The van der Waals surface area contributed by atoms with E-state index in [0.717, 1.165) is 9.35 Å². The minimum Gasteiger partial charge on any atom is -0.497 e. The van der Waals surface area contributed by atoms with E-state index >= 15 is 0 Å². The molecule has 2 aromatic rings. The summed E-state index contributed by atoms with van der Waals surface area (Å²) >= 11 is 5.02. The van der Waals surface area contributed by atoms with Crippen molar-refractivity contribution in [1.29, 1.82) is 0 Å². The van der Waals surface area contributed by atoms with Crippen LogP contribution in [0.2, 0.25) is 0 Å². The summed E-state index contributed by atoms with van der Waals surface area (Å²) in [6.45, 7) is 0.494. The van der Waals surface area contributed by atoms with Gasteiger partial charge in [-0.1, -0.05) is 6.07 Å². The first-order valence-corrected chi connectivity index (χ1v) is 7.27. The standard InChI is InChI=1S/C13H13BrN2O2S/c1-18-10-4-2-3-9(7-10)16-13(17)15-8-12-11(14)5-6-19-12/h2-7H,8H2,1H3,(H2,15,16,17). The molecule has 2 N–H and O–H groups in total. The SMILES string of the molecule is COc1cccc(NC(=O)NCc2sccc2Br)c1. The predicted molar refractivity (Wildman–Crippen MR) is 80.9 cm³/mol. The van der Waals surface area contributed by atoms with Crippen molar-refractivity contribution in [2.24, 2.45) is 0 Å². The highest BCUT2D eigenvalue weighted by Gasteiger charge is 2.05. The number of hydrogen-bond acceptors (Lipinski definition) is 3. The van der Waals surface area contributed by atoms with Gasteiger partial charge in [0.25, 0.3) is 0 Å². The predicted octanol–water partition coefficient (Wildman–Crippen LogP) is 3.84. The summed E-state index contributed by atoms with van der Waals surface area (Å²) in [5.74, 6) is 0.707. The summed E-state index contributed by atoms with van der Waals surface area (Å²) in [7, 11) is 1.59. The zero-order valence-electron chi connectivity index (χ0n) is 10.3. The van der Waals surface area contributed by atoms with Crippen molar-refractivity contribution in [3.05, 3.63) is 45.1 Å². The van der Waals surface area contributed by atoms with Crippen LogP contribution >= 0.6 is 27.3 Å². The highest BCUT2D eigenvalue weighted by molar-refractivity contribution is 9.10. The van der Waals surface area contributed by atoms with Crippen LogP contribution < -0.4 is 15.4 Å². The van der Waals surface area contributed by atoms with E-state index in [-0.39, 0.29) is 6.03 Å². The summed E-state index contributed by atoms with van der Waals surface area (Å²) in [6, 6.07) is 8.94. The van der Waals surface area contributed by atoms with Gasteiger partial charge < -0.3 is 15.4 Å². The summed E-state index contributed by atoms with van der Waals surface area (Å²) in [6.07, 6.45) is 0. The fourth-order valence-corrected chi connectivity index (χ4v) is 2.92. The second kappa shape index (κ2) is 6.58. The normalized spacial score (nSPS) is 10.0. The van der Waals surface area contributed by atoms with Crippen molar-refractivity contribution in [2.75, 3.05) is 12.4 Å². The Bertz CT molecular complexity index is 571. The number of urea groups is 1. The lowest BCUT2D eigenvalue weighted by Gasteiger charge is -2.08. The number of halogens is 1. The Kier molecular flexibility index (Phi) is 4.81. The number of methoxy groups -OCH3 is 1. The van der Waals surface area contributed by atoms with Crippen molar-refractivity contribution < 1.29 is 9.53 Å². The van der Waals surface area contributed by atoms with Gasteiger partial charge in [-0.3, -0.25) is 0 Å². The van der Waals surface area contributed by atoms with E-state index in [9.17, 15) is 4.79 Å². The number of nitrogens with one attached hydrogen (secondary N) is 2. The summed E-state index contributed by atoms with van der Waals surface area (Å²) in [5, 5.41) is 7.53. The number of benzene rings is 1. The molecule has 1 aromatic carbocycles. The van der Waals surface area contributed by atoms with E-state index in [1.165, 1.54) is 0 Å². The van der Waals surface area contributed by atoms with Gasteiger partial charge in [-0.05, 0) is 39.5 Å². The minimum absolute atomic E-state index is 0.242. The van der Waals surface area contributed by atoms with Crippen molar-refractivity contribution in [3.8, 4) is 5.75 Å². The molecule has 0 unspecified atom stereocenters. The zero-order chi connectivity index (χ0) is 13.7. The van der Waals surface area contributed by atoms with E-state index < -0.39 is 0 Å². The summed E-state index contributed by atoms with van der Waals surface area (Å²) < 4.78 is 6.11. The third kappa shape index (κ3) is 3.97. The molecule has 2 rings (SSSR count). The second-order valence-corrected chi connectivity index (χ2v) is 5.59. The van der Waals surface area contributed by atoms with Gasteiger partial charge in [0.2, 0.25) is 0 Å². The van der Waals surface area contributed by atoms with Crippen LogP contribution in [-0.4, -0.2) is 13.1 Å². The molecule has 19 heavy (non-hydrogen) atoms. The van der Waals surface area contributed by atoms with Crippen LogP contribution in [0.15, 0.2) is 40.2 Å². The van der Waals surface area contributed by atoms with E-state index in [0.29, 0.717) is 18.0 Å². The van der Waals surface area contributed by atoms with Crippen LogP contribution in [0.25, 0.3) is 0 Å². The third-order valence-electron chi connectivity index (χ3n) is 2.43. The molecule has 0 saturated carbocycles. The van der Waals surface area contributed by atoms with Gasteiger partial charge in [0.05, 0.1) is 13.7 Å². The fourth-order valence-electron chi connectivity index (χ4n) is 1.49. The molecule has 0 saturated heterocycles. The Labute approximate surface area is 123 Å². The first-order valence-electron chi connectivity index (χ1n) is 5.60. The van der Waals surface area contributed by atoms with Gasteiger partial charge in [0, 0.05) is 21.1 Å². The maximum absolute atomic E-state index is 11.7. The molecule has 0 fully saturated rings. The molecule has 0 aliphatic heterocycles. The van der Waals surface area contributed by atoms with Gasteiger partial charge in [0.1, 0.15) is 5.75 Å². The highest BCUT2D eigenvalue weighted by Crippen LogP contribution is 2.22. The Morgan fingerprint density at radius 1 is 1.42 bits per heavy atom. The molecule has 0 bridgehead atoms. The molecule has 1 heterocycles. The lowest BCUT2D eigenvalue weighted by atomic mass is 10.3. The maximum Gasteiger partial charge on any atom is 0.319 e. The van der Waals surface area contributed by atoms with Gasteiger partial charge in [-0.15, -0.1) is 11.3 Å². The number of hydrogen-bond donors (Lipinski definition) is 2. The number of carbonyl (C=O) groups excluding carboxylic acids is 1. The number of ether oxygens (including phenoxy) is 1. The van der Waals surface area contributed by atoms with Gasteiger partial charge in [0.15, 0.2) is 0 Å². The smallest absolute Gasteiger partial charge is 0.319 e. The highest BCUT2D eigenvalue weighted by atomic mass is 79.9. The van der Waals surface area contributed by atoms with E-state index in [1.54, 1.807) is 24.5 Å². The van der Waals surface area contributed by atoms with Crippen LogP contribution in [-0.2, 0) is 6.54 Å². The third-order valence-corrected chi connectivity index (χ3v) is 4.35. The van der Waals surface area contributed by atoms with E-state index in [4.69, 9.17) is 4.74 Å². The second-order valence-electron chi connectivity index (χ2n) is 3.73. The lowest BCUT2D eigenvalue weighted by Crippen LogP contribution is -2.27. The number of thiophene rings is 1. The van der Waals surface area contributed by atoms with E-state index in [1.807, 2.05) is 29.6 Å². The van der Waals surface area contributed by atoms with Gasteiger partial charge in [-0.2, -0.15) is 0 Å². The van der Waals surface area contributed by atoms with Crippen LogP contribution in [0.3, 0.4) is 0 Å². The minimum atomic E-state index is -0.242. The van der Waals surface area contributed by atoms with Crippen molar-refractivity contribution in [1.82, 2.24) is 5.32 Å². The number of amides is 2. The first-order chi connectivity index (χ1) is 9.19. The van der Waals surface area contributed by atoms with Gasteiger partial charge in [-0.25, -0.2) is 4.79 Å². The van der Waals surface area contributed by atoms with Crippen molar-refractivity contribution >= 4 is 39.0 Å². The number of rotatable bonds is 4. The molecule has 0 aliphatic rings. The topological polar surface area (TPSA) is 50.4 Å². The Morgan fingerprint density at radius 2 is 2.26 bits per heavy atom. The van der Waals surface area contributed by atoms with Crippen LogP contribution in [0.1, 0.15) is 4.88 Å². The van der Waals surface area contributed by atoms with Crippen LogP contribution in [0, 0.1) is 0 Å². The molecule has 1 aromatic heterocycles. The quantitative estimate of drug-likeness (QED) is 0.888. The molecule has 0 radical (unpaired) electrons. The molecule has 100 valence electrons. The Hall–Kier alpha value is -1.53. The molecule has 2 amide bonds. The Morgan fingerprint density at radius 3 is 2.95 bits per heavy atom. The molecule has 6 heteroatoms. The molecule has 0 atom stereocenters. The molecular weight excluding hydrogens is 328 g/mol. The van der Waals surface area contributed by atoms with E-state index in [2.05, 4.69) is 26.6 Å². The van der Waals surface area contributed by atoms with Crippen LogP contribution in [0.5, 0.6) is 5.75 Å². The van der Waals surface area contributed by atoms with Gasteiger partial charge >= 0.3 is 6.03 Å². The first kappa shape index (κ1) is 13.9. The monoisotopic (exact) mass is 340 g/mol. The average Bonchev–Trinajstić information content (AvgIpc) is 2.82. The summed E-state index contributed by atoms with van der Waals surface area (Å²) in [5.41, 5.74) is 0.696. The van der Waals surface area contributed by atoms with Crippen LogP contribution in [0.4, 0.5) is 10.5 Å². The molecule has 0 spiro atoms. The number of carbonyl (C=O) groups is 1. The Balaban J connectivity index is 1.89. The summed E-state index contributed by atoms with van der Waals surface area (Å²) in [4.78, 5) is 12.8. The maximum atomic E-state index is 11.7. The molecule has 0 aliphatic carbocycles. The molecular formula is C13H13BrN2O2S. The average molecular weight is 341 g/mol. The fraction of sp³-hybridized carbons (Fsp3) is 0.154. The number of anilines is 1. The van der Waals surface area contributed by atoms with Crippen molar-refractivity contribution in [3.63, 3.8) is 0 Å². The largest absolute Gasteiger partial charge is 0.497 e. The lowest BCUT2D eigenvalue weighted by molar-refractivity contribution is 0.252.